The van der Waals surface area contributed by atoms with Gasteiger partial charge in [-0.15, -0.1) is 0 Å². The standard InChI is InChI=1S/C18H20N2O4/c1-13-8-10-23-17(13)18(22)19-14-7-9-20(11-14)16(21)12-24-15-5-3-2-4-6-15/h2-6,8,10,14H,7,9,11-12H2,1H3,(H,19,22)/t14-/m1/s1. The van der Waals surface area contributed by atoms with Crippen molar-refractivity contribution in [3.63, 3.8) is 0 Å². The molecule has 0 bridgehead atoms. The molecule has 1 atom stereocenters. The van der Waals surface area contributed by atoms with Gasteiger partial charge in [-0.25, -0.2) is 0 Å². The Hall–Kier alpha value is -2.76. The molecule has 6 heteroatoms. The van der Waals surface area contributed by atoms with Gasteiger partial charge in [0, 0.05) is 24.7 Å². The largest absolute Gasteiger partial charge is 0.484 e. The van der Waals surface area contributed by atoms with Crippen molar-refractivity contribution in [2.75, 3.05) is 19.7 Å². The first kappa shape index (κ1) is 16.1. The SMILES string of the molecule is Cc1ccoc1C(=O)N[C@@H]1CCN(C(=O)COc2ccccc2)C1. The smallest absolute Gasteiger partial charge is 0.287 e. The number of rotatable bonds is 5. The molecule has 3 rings (SSSR count). The van der Waals surface area contributed by atoms with Gasteiger partial charge in [0.1, 0.15) is 5.75 Å². The maximum Gasteiger partial charge on any atom is 0.287 e. The molecule has 0 spiro atoms. The van der Waals surface area contributed by atoms with Crippen molar-refractivity contribution in [3.05, 3.63) is 54.0 Å². The zero-order chi connectivity index (χ0) is 16.9. The van der Waals surface area contributed by atoms with Gasteiger partial charge in [-0.2, -0.15) is 0 Å². The third kappa shape index (κ3) is 3.76. The summed E-state index contributed by atoms with van der Waals surface area (Å²) < 4.78 is 10.7. The molecule has 2 heterocycles. The molecule has 0 saturated carbocycles. The van der Waals surface area contributed by atoms with Gasteiger partial charge in [0.25, 0.3) is 11.8 Å². The van der Waals surface area contributed by atoms with Crippen LogP contribution >= 0.6 is 0 Å². The van der Waals surface area contributed by atoms with Crippen LogP contribution in [0.1, 0.15) is 22.5 Å². The Morgan fingerprint density at radius 1 is 1.29 bits per heavy atom. The van der Waals surface area contributed by atoms with Crippen LogP contribution in [-0.2, 0) is 4.79 Å². The number of hydrogen-bond donors (Lipinski definition) is 1. The van der Waals surface area contributed by atoms with E-state index in [4.69, 9.17) is 9.15 Å². The van der Waals surface area contributed by atoms with E-state index in [0.29, 0.717) is 24.6 Å². The van der Waals surface area contributed by atoms with Gasteiger partial charge in [-0.3, -0.25) is 9.59 Å². The summed E-state index contributed by atoms with van der Waals surface area (Å²) in [6.07, 6.45) is 2.22. The number of hydrogen-bond acceptors (Lipinski definition) is 4. The lowest BCUT2D eigenvalue weighted by Crippen LogP contribution is -2.39. The Morgan fingerprint density at radius 3 is 2.79 bits per heavy atom. The predicted molar refractivity (Wildman–Crippen MR) is 87.8 cm³/mol. The molecule has 1 fully saturated rings. The number of nitrogens with zero attached hydrogens (tertiary/aromatic N) is 1. The van der Waals surface area contributed by atoms with Crippen LogP contribution in [0.4, 0.5) is 0 Å². The Kier molecular flexibility index (Phi) is 4.84. The molecule has 126 valence electrons. The number of carbonyl (C=O) groups is 2. The number of carbonyl (C=O) groups excluding carboxylic acids is 2. The minimum atomic E-state index is -0.239. The minimum absolute atomic E-state index is 0.00196. The van der Waals surface area contributed by atoms with Crippen molar-refractivity contribution < 1.29 is 18.7 Å². The van der Waals surface area contributed by atoms with Crippen molar-refractivity contribution in [1.29, 1.82) is 0 Å². The number of aryl methyl sites for hydroxylation is 1. The van der Waals surface area contributed by atoms with Gasteiger partial charge < -0.3 is 19.4 Å². The number of para-hydroxylation sites is 1. The number of likely N-dealkylation sites (tertiary alicyclic amines) is 1. The average molecular weight is 328 g/mol. The van der Waals surface area contributed by atoms with E-state index in [9.17, 15) is 9.59 Å². The van der Waals surface area contributed by atoms with E-state index in [1.165, 1.54) is 6.26 Å². The van der Waals surface area contributed by atoms with E-state index >= 15 is 0 Å². The third-order valence-electron chi connectivity index (χ3n) is 4.05. The number of benzene rings is 1. The van der Waals surface area contributed by atoms with Crippen molar-refractivity contribution in [2.45, 2.75) is 19.4 Å². The number of ether oxygens (including phenoxy) is 1. The molecule has 0 radical (unpaired) electrons. The molecule has 0 unspecified atom stereocenters. The van der Waals surface area contributed by atoms with Gasteiger partial charge in [0.2, 0.25) is 0 Å². The molecule has 1 aliphatic rings. The first-order valence-corrected chi connectivity index (χ1v) is 7.94. The summed E-state index contributed by atoms with van der Waals surface area (Å²) in [6.45, 7) is 2.92. The molecule has 1 aliphatic heterocycles. The second-order valence-corrected chi connectivity index (χ2v) is 5.83. The maximum absolute atomic E-state index is 12.2. The van der Waals surface area contributed by atoms with Crippen LogP contribution < -0.4 is 10.1 Å². The number of nitrogens with one attached hydrogen (secondary N) is 1. The fraction of sp³-hybridized carbons (Fsp3) is 0.333. The first-order chi connectivity index (χ1) is 11.6. The molecule has 6 nitrogen and oxygen atoms in total. The van der Waals surface area contributed by atoms with Gasteiger partial charge in [0.15, 0.2) is 12.4 Å². The minimum Gasteiger partial charge on any atom is -0.484 e. The lowest BCUT2D eigenvalue weighted by atomic mass is 10.2. The number of amides is 2. The van der Waals surface area contributed by atoms with Gasteiger partial charge >= 0.3 is 0 Å². The first-order valence-electron chi connectivity index (χ1n) is 7.94. The quantitative estimate of drug-likeness (QED) is 0.911. The van der Waals surface area contributed by atoms with Gasteiger partial charge in [-0.05, 0) is 31.5 Å². The topological polar surface area (TPSA) is 71.8 Å². The van der Waals surface area contributed by atoms with Gasteiger partial charge in [-0.1, -0.05) is 18.2 Å². The monoisotopic (exact) mass is 328 g/mol. The summed E-state index contributed by atoms with van der Waals surface area (Å²) in [5.74, 6) is 0.678. The molecular weight excluding hydrogens is 308 g/mol. The van der Waals surface area contributed by atoms with Crippen molar-refractivity contribution in [3.8, 4) is 5.75 Å². The van der Waals surface area contributed by atoms with E-state index in [1.54, 1.807) is 11.0 Å². The zero-order valence-electron chi connectivity index (χ0n) is 13.5. The summed E-state index contributed by atoms with van der Waals surface area (Å²) in [5.41, 5.74) is 0.801. The van der Waals surface area contributed by atoms with Crippen molar-refractivity contribution in [2.24, 2.45) is 0 Å². The Morgan fingerprint density at radius 2 is 2.08 bits per heavy atom. The summed E-state index contributed by atoms with van der Waals surface area (Å²) in [6, 6.07) is 10.9. The molecule has 2 amide bonds. The highest BCUT2D eigenvalue weighted by molar-refractivity contribution is 5.93. The summed E-state index contributed by atoms with van der Waals surface area (Å²) in [5, 5.41) is 2.91. The second kappa shape index (κ2) is 7.21. The van der Waals surface area contributed by atoms with Crippen LogP contribution in [0.3, 0.4) is 0 Å². The van der Waals surface area contributed by atoms with Crippen LogP contribution in [-0.4, -0.2) is 42.5 Å². The average Bonchev–Trinajstić information content (AvgIpc) is 3.22. The predicted octanol–water partition coefficient (Wildman–Crippen LogP) is 2.00. The maximum atomic E-state index is 12.2. The molecule has 1 saturated heterocycles. The third-order valence-corrected chi connectivity index (χ3v) is 4.05. The highest BCUT2D eigenvalue weighted by Crippen LogP contribution is 2.14. The van der Waals surface area contributed by atoms with E-state index in [1.807, 2.05) is 37.3 Å². The van der Waals surface area contributed by atoms with Crippen LogP contribution in [0.25, 0.3) is 0 Å². The van der Waals surface area contributed by atoms with Crippen LogP contribution in [0.15, 0.2) is 47.1 Å². The highest BCUT2D eigenvalue weighted by atomic mass is 16.5. The lowest BCUT2D eigenvalue weighted by Gasteiger charge is -2.17. The molecule has 1 aromatic carbocycles. The van der Waals surface area contributed by atoms with Crippen LogP contribution in [0.5, 0.6) is 5.75 Å². The van der Waals surface area contributed by atoms with E-state index in [0.717, 1.165) is 12.0 Å². The fourth-order valence-corrected chi connectivity index (χ4v) is 2.71. The fourth-order valence-electron chi connectivity index (χ4n) is 2.71. The molecule has 1 aromatic heterocycles. The highest BCUT2D eigenvalue weighted by Gasteiger charge is 2.28. The summed E-state index contributed by atoms with van der Waals surface area (Å²) in [4.78, 5) is 26.1. The molecular formula is C18H20N2O4. The lowest BCUT2D eigenvalue weighted by molar-refractivity contribution is -0.132. The van der Waals surface area contributed by atoms with E-state index in [2.05, 4.69) is 5.32 Å². The molecule has 1 N–H and O–H groups in total. The Bertz CT molecular complexity index is 711. The van der Waals surface area contributed by atoms with Crippen LogP contribution in [0, 0.1) is 6.92 Å². The van der Waals surface area contributed by atoms with E-state index < -0.39 is 0 Å². The number of furan rings is 1. The molecule has 24 heavy (non-hydrogen) atoms. The normalized spacial score (nSPS) is 16.9. The van der Waals surface area contributed by atoms with E-state index in [-0.39, 0.29) is 24.5 Å². The Labute approximate surface area is 140 Å². The molecule has 0 aliphatic carbocycles. The zero-order valence-corrected chi connectivity index (χ0v) is 13.5. The second-order valence-electron chi connectivity index (χ2n) is 5.83. The van der Waals surface area contributed by atoms with Gasteiger partial charge in [0.05, 0.1) is 6.26 Å². The van der Waals surface area contributed by atoms with Crippen molar-refractivity contribution in [1.82, 2.24) is 10.2 Å². The van der Waals surface area contributed by atoms with Crippen LogP contribution in [0.2, 0.25) is 0 Å². The van der Waals surface area contributed by atoms with Crippen molar-refractivity contribution >= 4 is 11.8 Å². The Balaban J connectivity index is 1.47. The summed E-state index contributed by atoms with van der Waals surface area (Å²) in [7, 11) is 0. The summed E-state index contributed by atoms with van der Waals surface area (Å²) >= 11 is 0. The molecule has 2 aromatic rings.